The molecule has 1 aromatic carbocycles. The zero-order chi connectivity index (χ0) is 15.4. The van der Waals surface area contributed by atoms with Crippen LogP contribution in [-0.2, 0) is 13.0 Å². The van der Waals surface area contributed by atoms with E-state index < -0.39 is 0 Å². The van der Waals surface area contributed by atoms with Crippen molar-refractivity contribution in [2.75, 3.05) is 5.73 Å². The van der Waals surface area contributed by atoms with Crippen LogP contribution in [0.3, 0.4) is 0 Å². The molecule has 0 aliphatic carbocycles. The Morgan fingerprint density at radius 2 is 2.10 bits per heavy atom. The van der Waals surface area contributed by atoms with Gasteiger partial charge in [-0.2, -0.15) is 5.10 Å². The molecule has 0 saturated heterocycles. The lowest BCUT2D eigenvalue weighted by molar-refractivity contribution is 0.0929. The summed E-state index contributed by atoms with van der Waals surface area (Å²) in [7, 11) is 0. The number of nitrogens with one attached hydrogen (secondary N) is 1. The maximum Gasteiger partial charge on any atom is 0.270 e. The van der Waals surface area contributed by atoms with Crippen LogP contribution in [0.5, 0.6) is 0 Å². The van der Waals surface area contributed by atoms with Gasteiger partial charge >= 0.3 is 0 Å². The van der Waals surface area contributed by atoms with Crippen molar-refractivity contribution in [1.29, 1.82) is 0 Å². The van der Waals surface area contributed by atoms with E-state index in [1.807, 2.05) is 51.1 Å². The molecular weight excluding hydrogens is 264 g/mol. The summed E-state index contributed by atoms with van der Waals surface area (Å²) in [5.41, 5.74) is 9.07. The minimum atomic E-state index is -0.149. The summed E-state index contributed by atoms with van der Waals surface area (Å²) in [6.07, 6.45) is 0.814. The normalized spacial score (nSPS) is 12.1. The third-order valence-electron chi connectivity index (χ3n) is 3.54. The molecule has 1 unspecified atom stereocenters. The van der Waals surface area contributed by atoms with Gasteiger partial charge in [-0.15, -0.1) is 0 Å². The van der Waals surface area contributed by atoms with Gasteiger partial charge in [-0.1, -0.05) is 25.1 Å². The van der Waals surface area contributed by atoms with Gasteiger partial charge in [0.2, 0.25) is 0 Å². The number of para-hydroxylation sites is 1. The van der Waals surface area contributed by atoms with E-state index in [1.54, 1.807) is 4.68 Å². The van der Waals surface area contributed by atoms with E-state index in [9.17, 15) is 4.79 Å². The molecule has 5 nitrogen and oxygen atoms in total. The van der Waals surface area contributed by atoms with Crippen LogP contribution in [-0.4, -0.2) is 15.7 Å². The minimum absolute atomic E-state index is 0.125. The van der Waals surface area contributed by atoms with Gasteiger partial charge < -0.3 is 11.1 Å². The van der Waals surface area contributed by atoms with Crippen LogP contribution in [0.1, 0.15) is 48.6 Å². The number of rotatable bonds is 5. The Morgan fingerprint density at radius 1 is 1.38 bits per heavy atom. The standard InChI is InChI=1S/C16H22N4O/c1-4-12-10-15(20(5-2)19-12)16(21)18-11(3)13-8-6-7-9-14(13)17/h6-11H,4-5,17H2,1-3H3,(H,18,21). The van der Waals surface area contributed by atoms with Gasteiger partial charge in [-0.25, -0.2) is 0 Å². The summed E-state index contributed by atoms with van der Waals surface area (Å²) in [6, 6.07) is 9.26. The monoisotopic (exact) mass is 286 g/mol. The van der Waals surface area contributed by atoms with Gasteiger partial charge in [0.15, 0.2) is 0 Å². The average molecular weight is 286 g/mol. The lowest BCUT2D eigenvalue weighted by Crippen LogP contribution is -2.29. The number of amides is 1. The maximum atomic E-state index is 12.4. The second kappa shape index (κ2) is 6.43. The number of benzene rings is 1. The lowest BCUT2D eigenvalue weighted by atomic mass is 10.1. The molecule has 3 N–H and O–H groups in total. The molecule has 0 saturated carbocycles. The predicted molar refractivity (Wildman–Crippen MR) is 84.0 cm³/mol. The number of nitrogen functional groups attached to an aromatic ring is 1. The highest BCUT2D eigenvalue weighted by Gasteiger charge is 2.17. The molecule has 0 spiro atoms. The summed E-state index contributed by atoms with van der Waals surface area (Å²) in [4.78, 5) is 12.4. The maximum absolute atomic E-state index is 12.4. The van der Waals surface area contributed by atoms with Crippen molar-refractivity contribution in [2.45, 2.75) is 39.8 Å². The van der Waals surface area contributed by atoms with E-state index in [4.69, 9.17) is 5.73 Å². The van der Waals surface area contributed by atoms with Crippen LogP contribution in [0.15, 0.2) is 30.3 Å². The second-order valence-electron chi connectivity index (χ2n) is 5.01. The van der Waals surface area contributed by atoms with Crippen molar-refractivity contribution in [3.8, 4) is 0 Å². The largest absolute Gasteiger partial charge is 0.398 e. The molecule has 0 aliphatic rings. The molecule has 1 heterocycles. The zero-order valence-electron chi connectivity index (χ0n) is 12.8. The smallest absolute Gasteiger partial charge is 0.270 e. The molecule has 0 radical (unpaired) electrons. The van der Waals surface area contributed by atoms with E-state index in [0.717, 1.165) is 17.7 Å². The van der Waals surface area contributed by atoms with Crippen LogP contribution in [0.25, 0.3) is 0 Å². The number of hydrogen-bond donors (Lipinski definition) is 2. The molecule has 2 rings (SSSR count). The number of aromatic nitrogens is 2. The highest BCUT2D eigenvalue weighted by molar-refractivity contribution is 5.93. The summed E-state index contributed by atoms with van der Waals surface area (Å²) in [6.45, 7) is 6.60. The number of carbonyl (C=O) groups is 1. The highest BCUT2D eigenvalue weighted by atomic mass is 16.2. The van der Waals surface area contributed by atoms with Crippen molar-refractivity contribution < 1.29 is 4.79 Å². The van der Waals surface area contributed by atoms with Crippen molar-refractivity contribution >= 4 is 11.6 Å². The summed E-state index contributed by atoms with van der Waals surface area (Å²) < 4.78 is 1.73. The van der Waals surface area contributed by atoms with Crippen molar-refractivity contribution in [1.82, 2.24) is 15.1 Å². The first-order valence-electron chi connectivity index (χ1n) is 7.28. The fourth-order valence-corrected chi connectivity index (χ4v) is 2.32. The van der Waals surface area contributed by atoms with Crippen LogP contribution in [0.4, 0.5) is 5.69 Å². The topological polar surface area (TPSA) is 72.9 Å². The van der Waals surface area contributed by atoms with E-state index in [-0.39, 0.29) is 11.9 Å². The zero-order valence-corrected chi connectivity index (χ0v) is 12.8. The van der Waals surface area contributed by atoms with E-state index in [0.29, 0.717) is 17.9 Å². The quantitative estimate of drug-likeness (QED) is 0.830. The first-order chi connectivity index (χ1) is 10.1. The number of carbonyl (C=O) groups excluding carboxylic acids is 1. The Hall–Kier alpha value is -2.30. The molecule has 2 aromatic rings. The minimum Gasteiger partial charge on any atom is -0.398 e. The Kier molecular flexibility index (Phi) is 4.62. The molecular formula is C16H22N4O. The third-order valence-corrected chi connectivity index (χ3v) is 3.54. The molecule has 1 amide bonds. The van der Waals surface area contributed by atoms with Crippen molar-refractivity contribution in [3.05, 3.63) is 47.3 Å². The summed E-state index contributed by atoms with van der Waals surface area (Å²) in [5, 5.41) is 7.38. The predicted octanol–water partition coefficient (Wildman–Crippen LogP) is 2.54. The van der Waals surface area contributed by atoms with Gasteiger partial charge in [0.1, 0.15) is 5.69 Å². The number of aryl methyl sites for hydroxylation is 2. The Bertz CT molecular complexity index is 633. The second-order valence-corrected chi connectivity index (χ2v) is 5.01. The number of anilines is 1. The van der Waals surface area contributed by atoms with Crippen LogP contribution in [0.2, 0.25) is 0 Å². The summed E-state index contributed by atoms with van der Waals surface area (Å²) >= 11 is 0. The molecule has 0 aliphatic heterocycles. The van der Waals surface area contributed by atoms with Crippen LogP contribution < -0.4 is 11.1 Å². The van der Waals surface area contributed by atoms with Gasteiger partial charge in [0.05, 0.1) is 11.7 Å². The van der Waals surface area contributed by atoms with Gasteiger partial charge in [-0.3, -0.25) is 9.48 Å². The lowest BCUT2D eigenvalue weighted by Gasteiger charge is -2.16. The number of nitrogens with two attached hydrogens (primary N) is 1. The number of hydrogen-bond acceptors (Lipinski definition) is 3. The molecule has 21 heavy (non-hydrogen) atoms. The first-order valence-corrected chi connectivity index (χ1v) is 7.28. The van der Waals surface area contributed by atoms with Gasteiger partial charge in [0, 0.05) is 12.2 Å². The fraction of sp³-hybridized carbons (Fsp3) is 0.375. The average Bonchev–Trinajstić information content (AvgIpc) is 2.91. The molecule has 1 atom stereocenters. The Morgan fingerprint density at radius 3 is 2.71 bits per heavy atom. The number of nitrogens with zero attached hydrogens (tertiary/aromatic N) is 2. The Labute approximate surface area is 125 Å². The highest BCUT2D eigenvalue weighted by Crippen LogP contribution is 2.20. The SMILES string of the molecule is CCc1cc(C(=O)NC(C)c2ccccc2N)n(CC)n1. The molecule has 112 valence electrons. The van der Waals surface area contributed by atoms with E-state index in [2.05, 4.69) is 10.4 Å². The summed E-state index contributed by atoms with van der Waals surface area (Å²) in [5.74, 6) is -0.125. The first kappa shape index (κ1) is 15.1. The van der Waals surface area contributed by atoms with Crippen LogP contribution >= 0.6 is 0 Å². The van der Waals surface area contributed by atoms with Crippen molar-refractivity contribution in [2.24, 2.45) is 0 Å². The van der Waals surface area contributed by atoms with E-state index >= 15 is 0 Å². The molecule has 1 aromatic heterocycles. The molecule has 0 bridgehead atoms. The molecule has 0 fully saturated rings. The molecule has 5 heteroatoms. The van der Waals surface area contributed by atoms with Crippen LogP contribution in [0, 0.1) is 0 Å². The third kappa shape index (κ3) is 3.24. The van der Waals surface area contributed by atoms with E-state index in [1.165, 1.54) is 0 Å². The fourth-order valence-electron chi connectivity index (χ4n) is 2.32. The van der Waals surface area contributed by atoms with Gasteiger partial charge in [-0.05, 0) is 38.0 Å². The Balaban J connectivity index is 2.18. The van der Waals surface area contributed by atoms with Crippen molar-refractivity contribution in [3.63, 3.8) is 0 Å². The van der Waals surface area contributed by atoms with Gasteiger partial charge in [0.25, 0.3) is 5.91 Å².